The third kappa shape index (κ3) is 5.67. The molecule has 4 heteroatoms. The molecule has 0 aliphatic carbocycles. The van der Waals surface area contributed by atoms with E-state index in [1.165, 1.54) is 5.56 Å². The number of benzene rings is 7. The zero-order valence-corrected chi connectivity index (χ0v) is 29.4. The van der Waals surface area contributed by atoms with Gasteiger partial charge in [0.25, 0.3) is 0 Å². The van der Waals surface area contributed by atoms with Gasteiger partial charge in [-0.25, -0.2) is 9.97 Å². The summed E-state index contributed by atoms with van der Waals surface area (Å²) in [7, 11) is 0. The van der Waals surface area contributed by atoms with Gasteiger partial charge in [0.15, 0.2) is 5.82 Å². The van der Waals surface area contributed by atoms with Crippen molar-refractivity contribution in [1.82, 2.24) is 9.97 Å². The number of fused-ring (bicyclic) bond motifs is 4. The molecule has 254 valence electrons. The van der Waals surface area contributed by atoms with E-state index in [1.807, 2.05) is 24.3 Å². The molecule has 54 heavy (non-hydrogen) atoms. The molecule has 3 heterocycles. The van der Waals surface area contributed by atoms with Crippen molar-refractivity contribution in [3.63, 3.8) is 0 Å². The smallest absolute Gasteiger partial charge is 0.162 e. The first kappa shape index (κ1) is 31.4. The van der Waals surface area contributed by atoms with Gasteiger partial charge in [0.05, 0.1) is 28.4 Å². The molecule has 0 unspecified atom stereocenters. The van der Waals surface area contributed by atoms with Gasteiger partial charge in [-0.15, -0.1) is 0 Å². The van der Waals surface area contributed by atoms with Crippen LogP contribution in [-0.2, 0) is 0 Å². The third-order valence-corrected chi connectivity index (χ3v) is 10.2. The molecule has 0 amide bonds. The highest BCUT2D eigenvalue weighted by atomic mass is 15.2. The van der Waals surface area contributed by atoms with Gasteiger partial charge in [0.1, 0.15) is 5.82 Å². The van der Waals surface area contributed by atoms with E-state index in [2.05, 4.69) is 192 Å². The topological polar surface area (TPSA) is 32.3 Å². The Morgan fingerprint density at radius 3 is 1.54 bits per heavy atom. The highest BCUT2D eigenvalue weighted by molar-refractivity contribution is 5.97. The lowest BCUT2D eigenvalue weighted by Crippen LogP contribution is -2.14. The van der Waals surface area contributed by atoms with Crippen molar-refractivity contribution in [2.75, 3.05) is 9.80 Å². The number of rotatable bonds is 5. The fourth-order valence-corrected chi connectivity index (χ4v) is 7.54. The fourth-order valence-electron chi connectivity index (χ4n) is 7.54. The molecule has 0 atom stereocenters. The van der Waals surface area contributed by atoms with Gasteiger partial charge < -0.3 is 4.90 Å². The Morgan fingerprint density at radius 2 is 0.833 bits per heavy atom. The Labute approximate surface area is 315 Å². The highest BCUT2D eigenvalue weighted by Gasteiger charge is 2.25. The maximum absolute atomic E-state index is 5.29. The van der Waals surface area contributed by atoms with E-state index < -0.39 is 0 Å². The lowest BCUT2D eigenvalue weighted by atomic mass is 9.98. The van der Waals surface area contributed by atoms with Crippen molar-refractivity contribution in [2.24, 2.45) is 0 Å². The van der Waals surface area contributed by atoms with Crippen molar-refractivity contribution in [3.8, 4) is 33.8 Å². The molecule has 2 aliphatic rings. The Balaban J connectivity index is 1.14. The van der Waals surface area contributed by atoms with Gasteiger partial charge in [-0.1, -0.05) is 158 Å². The number of para-hydroxylation sites is 3. The van der Waals surface area contributed by atoms with Gasteiger partial charge in [-0.2, -0.15) is 0 Å². The lowest BCUT2D eigenvalue weighted by molar-refractivity contribution is 1.12. The highest BCUT2D eigenvalue weighted by Crippen LogP contribution is 2.46. The van der Waals surface area contributed by atoms with Crippen LogP contribution in [0.3, 0.4) is 0 Å². The van der Waals surface area contributed by atoms with Crippen LogP contribution in [0.25, 0.3) is 58.1 Å². The van der Waals surface area contributed by atoms with Crippen molar-refractivity contribution in [2.45, 2.75) is 0 Å². The summed E-state index contributed by atoms with van der Waals surface area (Å²) in [4.78, 5) is 15.0. The molecule has 0 N–H and O–H groups in total. The molecule has 4 nitrogen and oxygen atoms in total. The summed E-state index contributed by atoms with van der Waals surface area (Å²) in [6, 6.07) is 64.0. The molecule has 0 fully saturated rings. The largest absolute Gasteiger partial charge is 0.309 e. The molecule has 10 rings (SSSR count). The van der Waals surface area contributed by atoms with Gasteiger partial charge in [-0.3, -0.25) is 4.90 Å². The first-order valence-corrected chi connectivity index (χ1v) is 18.2. The number of hydrogen-bond acceptors (Lipinski definition) is 4. The van der Waals surface area contributed by atoms with E-state index in [0.717, 1.165) is 78.9 Å². The first-order chi connectivity index (χ1) is 26.8. The summed E-state index contributed by atoms with van der Waals surface area (Å²) in [6.07, 6.45) is 8.88. The van der Waals surface area contributed by atoms with Gasteiger partial charge >= 0.3 is 0 Å². The second-order valence-corrected chi connectivity index (χ2v) is 13.5. The van der Waals surface area contributed by atoms with Crippen molar-refractivity contribution >= 4 is 58.6 Å². The Morgan fingerprint density at radius 1 is 0.315 bits per heavy atom. The van der Waals surface area contributed by atoms with Crippen molar-refractivity contribution < 1.29 is 0 Å². The summed E-state index contributed by atoms with van der Waals surface area (Å²) in [5.41, 5.74) is 15.2. The average molecular weight is 691 g/mol. The summed E-state index contributed by atoms with van der Waals surface area (Å²) in [5, 5.41) is 0. The number of anilines is 6. The van der Waals surface area contributed by atoms with E-state index in [0.29, 0.717) is 5.82 Å². The Bertz CT molecular complexity index is 2660. The van der Waals surface area contributed by atoms with Gasteiger partial charge in [0, 0.05) is 22.9 Å². The van der Waals surface area contributed by atoms with Crippen LogP contribution in [0.4, 0.5) is 34.3 Å². The summed E-state index contributed by atoms with van der Waals surface area (Å²) in [5.74, 6) is 1.49. The quantitative estimate of drug-likeness (QED) is 0.180. The molecule has 0 saturated heterocycles. The monoisotopic (exact) mass is 690 g/mol. The normalized spacial score (nSPS) is 12.6. The molecule has 0 bridgehead atoms. The SMILES string of the molecule is C1=Cc2cc(-c3ccc4c(c3)N(c3cc(-c5ccccc5)nc(-c5ccccc5)n3)c3ccccc3C=C4)ccc2N(c2ccccc2)c2ccccc21. The molecular weight excluding hydrogens is 657 g/mol. The van der Waals surface area contributed by atoms with Crippen LogP contribution in [-0.4, -0.2) is 9.97 Å². The number of hydrogen-bond donors (Lipinski definition) is 0. The van der Waals surface area contributed by atoms with Crippen molar-refractivity contribution in [1.29, 1.82) is 0 Å². The molecule has 2 aliphatic heterocycles. The molecule has 0 saturated carbocycles. The van der Waals surface area contributed by atoms with Gasteiger partial charge in [-0.05, 0) is 75.8 Å². The van der Waals surface area contributed by atoms with Crippen LogP contribution in [0, 0.1) is 0 Å². The third-order valence-electron chi connectivity index (χ3n) is 10.2. The molecule has 1 aromatic heterocycles. The van der Waals surface area contributed by atoms with Crippen molar-refractivity contribution in [3.05, 3.63) is 204 Å². The molecule has 0 spiro atoms. The van der Waals surface area contributed by atoms with Crippen LogP contribution in [0.15, 0.2) is 182 Å². The summed E-state index contributed by atoms with van der Waals surface area (Å²) < 4.78 is 0. The van der Waals surface area contributed by atoms with E-state index in [1.54, 1.807) is 0 Å². The van der Waals surface area contributed by atoms with E-state index in [-0.39, 0.29) is 0 Å². The lowest BCUT2D eigenvalue weighted by Gasteiger charge is -2.28. The van der Waals surface area contributed by atoms with Crippen LogP contribution >= 0.6 is 0 Å². The second-order valence-electron chi connectivity index (χ2n) is 13.5. The maximum Gasteiger partial charge on any atom is 0.162 e. The first-order valence-electron chi connectivity index (χ1n) is 18.2. The summed E-state index contributed by atoms with van der Waals surface area (Å²) >= 11 is 0. The fraction of sp³-hybridized carbons (Fsp3) is 0. The average Bonchev–Trinajstić information content (AvgIpc) is 3.52. The zero-order chi connectivity index (χ0) is 35.8. The summed E-state index contributed by atoms with van der Waals surface area (Å²) in [6.45, 7) is 0. The molecular formula is C50H34N4. The van der Waals surface area contributed by atoms with Gasteiger partial charge in [0.2, 0.25) is 0 Å². The minimum absolute atomic E-state index is 0.681. The van der Waals surface area contributed by atoms with E-state index in [4.69, 9.17) is 9.97 Å². The predicted molar refractivity (Wildman–Crippen MR) is 226 cm³/mol. The maximum atomic E-state index is 5.29. The van der Waals surface area contributed by atoms with Crippen LogP contribution in [0.2, 0.25) is 0 Å². The second kappa shape index (κ2) is 13.4. The molecule has 8 aromatic rings. The zero-order valence-electron chi connectivity index (χ0n) is 29.4. The van der Waals surface area contributed by atoms with Crippen LogP contribution < -0.4 is 9.80 Å². The van der Waals surface area contributed by atoms with Crippen LogP contribution in [0.1, 0.15) is 22.3 Å². The Kier molecular flexibility index (Phi) is 7.77. The minimum atomic E-state index is 0.681. The minimum Gasteiger partial charge on any atom is -0.309 e. The number of nitrogens with zero attached hydrogens (tertiary/aromatic N) is 4. The Hall–Kier alpha value is -7.30. The van der Waals surface area contributed by atoms with Crippen LogP contribution in [0.5, 0.6) is 0 Å². The van der Waals surface area contributed by atoms with E-state index in [9.17, 15) is 0 Å². The van der Waals surface area contributed by atoms with E-state index >= 15 is 0 Å². The number of aromatic nitrogens is 2. The molecule has 7 aromatic carbocycles. The standard InChI is InChI=1S/C50H34N4/c1-4-14-35(15-5-1)44-34-49(52-50(51-44)39-18-6-2-7-19-39)54-46-23-13-11-17-37(46)24-25-38-26-28-41(33-48(38)54)40-30-31-47-42(32-40)29-27-36-16-10-12-22-45(36)53(47)43-20-8-3-9-21-43/h1-34H. The predicted octanol–water partition coefficient (Wildman–Crippen LogP) is 13.4. The molecule has 0 radical (unpaired) electrons.